The highest BCUT2D eigenvalue weighted by Crippen LogP contribution is 2.29. The van der Waals surface area contributed by atoms with Crippen molar-refractivity contribution in [1.82, 2.24) is 15.0 Å². The predicted molar refractivity (Wildman–Crippen MR) is 68.5 cm³/mol. The molecule has 0 unspecified atom stereocenters. The summed E-state index contributed by atoms with van der Waals surface area (Å²) in [5, 5.41) is 1.12. The summed E-state index contributed by atoms with van der Waals surface area (Å²) in [4.78, 5) is 11.9. The van der Waals surface area contributed by atoms with Gasteiger partial charge in [0.2, 0.25) is 0 Å². The number of nitrogens with one attached hydrogen (secondary N) is 1. The third-order valence-corrected chi connectivity index (χ3v) is 2.79. The number of rotatable bonds is 1. The van der Waals surface area contributed by atoms with Crippen LogP contribution in [0.25, 0.3) is 22.3 Å². The maximum atomic E-state index is 5.70. The summed E-state index contributed by atoms with van der Waals surface area (Å²) < 4.78 is 0. The second-order valence-electron chi connectivity index (χ2n) is 3.98. The second-order valence-corrected chi connectivity index (χ2v) is 3.98. The van der Waals surface area contributed by atoms with Gasteiger partial charge in [-0.05, 0) is 19.1 Å². The lowest BCUT2D eigenvalue weighted by Crippen LogP contribution is -1.94. The number of nitrogens with zero attached hydrogens (tertiary/aromatic N) is 2. The van der Waals surface area contributed by atoms with E-state index in [1.54, 1.807) is 12.3 Å². The molecule has 0 aliphatic rings. The molecule has 1 aromatic carbocycles. The number of aryl methyl sites for hydroxylation is 1. The molecule has 3 aromatic rings. The highest BCUT2D eigenvalue weighted by molar-refractivity contribution is 5.95. The summed E-state index contributed by atoms with van der Waals surface area (Å²) in [6.45, 7) is 2.02. The molecule has 3 rings (SSSR count). The van der Waals surface area contributed by atoms with Crippen LogP contribution in [0.4, 0.5) is 5.82 Å². The van der Waals surface area contributed by atoms with Crippen molar-refractivity contribution in [2.45, 2.75) is 6.92 Å². The molecule has 2 aromatic heterocycles. The molecule has 0 amide bonds. The van der Waals surface area contributed by atoms with Crippen molar-refractivity contribution in [2.75, 3.05) is 5.73 Å². The third-order valence-electron chi connectivity index (χ3n) is 2.79. The molecular formula is C13H12N4. The Hall–Kier alpha value is -2.36. The Morgan fingerprint density at radius 2 is 2.00 bits per heavy atom. The first-order valence-corrected chi connectivity index (χ1v) is 5.42. The van der Waals surface area contributed by atoms with E-state index in [2.05, 4.69) is 21.0 Å². The van der Waals surface area contributed by atoms with Gasteiger partial charge in [-0.1, -0.05) is 18.2 Å². The lowest BCUT2D eigenvalue weighted by molar-refractivity contribution is 1.17. The van der Waals surface area contributed by atoms with E-state index in [4.69, 9.17) is 5.73 Å². The van der Waals surface area contributed by atoms with E-state index in [-0.39, 0.29) is 0 Å². The SMILES string of the molecule is Cc1[nH]c2ccccc2c1-c1nccc(N)n1. The minimum atomic E-state index is 0.486. The molecule has 0 aliphatic heterocycles. The average molecular weight is 224 g/mol. The van der Waals surface area contributed by atoms with Crippen molar-refractivity contribution in [2.24, 2.45) is 0 Å². The molecule has 17 heavy (non-hydrogen) atoms. The Morgan fingerprint density at radius 1 is 1.18 bits per heavy atom. The van der Waals surface area contributed by atoms with Crippen molar-refractivity contribution in [3.63, 3.8) is 0 Å². The fourth-order valence-corrected chi connectivity index (χ4v) is 2.06. The number of fused-ring (bicyclic) bond motifs is 1. The lowest BCUT2D eigenvalue weighted by Gasteiger charge is -2.00. The number of nitrogen functional groups attached to an aromatic ring is 1. The van der Waals surface area contributed by atoms with E-state index >= 15 is 0 Å². The number of hydrogen-bond donors (Lipinski definition) is 2. The fraction of sp³-hybridized carbons (Fsp3) is 0.0769. The van der Waals surface area contributed by atoms with Gasteiger partial charge < -0.3 is 10.7 Å². The van der Waals surface area contributed by atoms with Gasteiger partial charge in [-0.3, -0.25) is 0 Å². The first kappa shape index (κ1) is 9.84. The Kier molecular flexibility index (Phi) is 2.08. The van der Waals surface area contributed by atoms with Crippen LogP contribution in [-0.4, -0.2) is 15.0 Å². The maximum Gasteiger partial charge on any atom is 0.163 e. The molecule has 3 N–H and O–H groups in total. The van der Waals surface area contributed by atoms with Crippen LogP contribution in [0.3, 0.4) is 0 Å². The van der Waals surface area contributed by atoms with Crippen LogP contribution in [0.2, 0.25) is 0 Å². The number of para-hydroxylation sites is 1. The van der Waals surface area contributed by atoms with Gasteiger partial charge in [0.25, 0.3) is 0 Å². The topological polar surface area (TPSA) is 67.6 Å². The Bertz CT molecular complexity index is 685. The Morgan fingerprint density at radius 3 is 2.82 bits per heavy atom. The van der Waals surface area contributed by atoms with E-state index in [1.165, 1.54) is 0 Å². The summed E-state index contributed by atoms with van der Waals surface area (Å²) in [5.74, 6) is 1.15. The second kappa shape index (κ2) is 3.59. The molecule has 0 saturated heterocycles. The summed E-state index contributed by atoms with van der Waals surface area (Å²) in [6.07, 6.45) is 1.68. The van der Waals surface area contributed by atoms with Crippen molar-refractivity contribution < 1.29 is 0 Å². The van der Waals surface area contributed by atoms with Crippen molar-refractivity contribution >= 4 is 16.7 Å². The summed E-state index contributed by atoms with van der Waals surface area (Å²) >= 11 is 0. The number of anilines is 1. The van der Waals surface area contributed by atoms with Crippen LogP contribution in [0.15, 0.2) is 36.5 Å². The Balaban J connectivity index is 2.33. The van der Waals surface area contributed by atoms with Crippen LogP contribution in [0, 0.1) is 6.92 Å². The van der Waals surface area contributed by atoms with E-state index in [0.717, 1.165) is 22.2 Å². The third kappa shape index (κ3) is 1.54. The molecule has 84 valence electrons. The van der Waals surface area contributed by atoms with Crippen LogP contribution < -0.4 is 5.73 Å². The summed E-state index contributed by atoms with van der Waals surface area (Å²) in [6, 6.07) is 9.79. The normalized spacial score (nSPS) is 10.9. The molecule has 0 aliphatic carbocycles. The smallest absolute Gasteiger partial charge is 0.163 e. The van der Waals surface area contributed by atoms with Gasteiger partial charge in [-0.2, -0.15) is 0 Å². The lowest BCUT2D eigenvalue weighted by atomic mass is 10.1. The zero-order valence-electron chi connectivity index (χ0n) is 9.44. The first-order valence-electron chi connectivity index (χ1n) is 5.42. The van der Waals surface area contributed by atoms with Crippen LogP contribution in [-0.2, 0) is 0 Å². The number of aromatic nitrogens is 3. The molecule has 0 saturated carbocycles. The standard InChI is InChI=1S/C13H12N4/c1-8-12(13-15-7-6-11(14)17-13)9-4-2-3-5-10(9)16-8/h2-7,16H,1H3,(H2,14,15,17). The Labute approximate surface area is 98.5 Å². The predicted octanol–water partition coefficient (Wildman–Crippen LogP) is 2.52. The zero-order chi connectivity index (χ0) is 11.8. The molecule has 4 heteroatoms. The number of aromatic amines is 1. The largest absolute Gasteiger partial charge is 0.384 e. The van der Waals surface area contributed by atoms with Gasteiger partial charge >= 0.3 is 0 Å². The fourth-order valence-electron chi connectivity index (χ4n) is 2.06. The van der Waals surface area contributed by atoms with Gasteiger partial charge in [-0.15, -0.1) is 0 Å². The molecule has 0 spiro atoms. The van der Waals surface area contributed by atoms with Crippen molar-refractivity contribution in [3.8, 4) is 11.4 Å². The zero-order valence-corrected chi connectivity index (χ0v) is 9.44. The van der Waals surface area contributed by atoms with Crippen LogP contribution in [0.1, 0.15) is 5.69 Å². The average Bonchev–Trinajstić information content (AvgIpc) is 2.64. The number of nitrogens with two attached hydrogens (primary N) is 1. The number of H-pyrrole nitrogens is 1. The van der Waals surface area contributed by atoms with E-state index < -0.39 is 0 Å². The molecule has 0 fully saturated rings. The highest BCUT2D eigenvalue weighted by atomic mass is 14.9. The molecule has 0 radical (unpaired) electrons. The van der Waals surface area contributed by atoms with Gasteiger partial charge in [0.15, 0.2) is 5.82 Å². The molecule has 2 heterocycles. The van der Waals surface area contributed by atoms with Crippen LogP contribution in [0.5, 0.6) is 0 Å². The maximum absolute atomic E-state index is 5.70. The number of hydrogen-bond acceptors (Lipinski definition) is 3. The van der Waals surface area contributed by atoms with Crippen molar-refractivity contribution in [1.29, 1.82) is 0 Å². The summed E-state index contributed by atoms with van der Waals surface area (Å²) in [7, 11) is 0. The van der Waals surface area contributed by atoms with E-state index in [9.17, 15) is 0 Å². The van der Waals surface area contributed by atoms with Gasteiger partial charge in [0.1, 0.15) is 5.82 Å². The van der Waals surface area contributed by atoms with Gasteiger partial charge in [0, 0.05) is 28.4 Å². The molecule has 4 nitrogen and oxygen atoms in total. The van der Waals surface area contributed by atoms with Gasteiger partial charge in [-0.25, -0.2) is 9.97 Å². The minimum absolute atomic E-state index is 0.486. The quantitative estimate of drug-likeness (QED) is 0.667. The van der Waals surface area contributed by atoms with Gasteiger partial charge in [0.05, 0.1) is 0 Å². The monoisotopic (exact) mass is 224 g/mol. The molecule has 0 atom stereocenters. The van der Waals surface area contributed by atoms with E-state index in [0.29, 0.717) is 11.6 Å². The van der Waals surface area contributed by atoms with E-state index in [1.807, 2.05) is 25.1 Å². The van der Waals surface area contributed by atoms with Crippen LogP contribution >= 0.6 is 0 Å². The highest BCUT2D eigenvalue weighted by Gasteiger charge is 2.12. The molecule has 0 bridgehead atoms. The first-order chi connectivity index (χ1) is 8.25. The number of benzene rings is 1. The molecular weight excluding hydrogens is 212 g/mol. The minimum Gasteiger partial charge on any atom is -0.384 e. The summed E-state index contributed by atoms with van der Waals surface area (Å²) in [5.41, 5.74) is 8.86. The van der Waals surface area contributed by atoms with Crippen molar-refractivity contribution in [3.05, 3.63) is 42.2 Å².